The summed E-state index contributed by atoms with van der Waals surface area (Å²) in [7, 11) is -0.113. The molecule has 0 spiro atoms. The molecule has 0 radical (unpaired) electrons. The van der Waals surface area contributed by atoms with Crippen molar-refractivity contribution in [3.05, 3.63) is 59.9 Å². The molecular weight excluding hydrogens is 361 g/mol. The van der Waals surface area contributed by atoms with Gasteiger partial charge in [0.2, 0.25) is 5.91 Å². The third-order valence-corrected chi connectivity index (χ3v) is 4.67. The average Bonchev–Trinajstić information content (AvgIpc) is 2.60. The van der Waals surface area contributed by atoms with Crippen LogP contribution in [0.4, 0.5) is 10.1 Å². The number of hydrogen-bond donors (Lipinski definition) is 2. The minimum absolute atomic E-state index is 0.166. The molecule has 7 nitrogen and oxygen atoms in total. The number of carbonyl (C=O) groups is 1. The zero-order chi connectivity index (χ0) is 19.2. The Bertz CT molecular complexity index is 837. The summed E-state index contributed by atoms with van der Waals surface area (Å²) in [6, 6.07) is 11.8. The lowest BCUT2D eigenvalue weighted by Gasteiger charge is -2.13. The lowest BCUT2D eigenvalue weighted by Crippen LogP contribution is -2.32. The van der Waals surface area contributed by atoms with Crippen LogP contribution < -0.4 is 15.1 Å². The van der Waals surface area contributed by atoms with E-state index in [4.69, 9.17) is 4.84 Å². The summed E-state index contributed by atoms with van der Waals surface area (Å²) in [6.45, 7) is -0.198. The van der Waals surface area contributed by atoms with Crippen molar-refractivity contribution in [3.8, 4) is 0 Å². The van der Waals surface area contributed by atoms with Gasteiger partial charge < -0.3 is 10.2 Å². The van der Waals surface area contributed by atoms with Gasteiger partial charge in [-0.15, -0.1) is 0 Å². The van der Waals surface area contributed by atoms with Gasteiger partial charge in [0.15, 0.2) is 0 Å². The van der Waals surface area contributed by atoms with E-state index in [2.05, 4.69) is 5.32 Å². The molecule has 9 heteroatoms. The lowest BCUT2D eigenvalue weighted by molar-refractivity contribution is -0.126. The highest BCUT2D eigenvalue weighted by Crippen LogP contribution is 2.12. The molecule has 0 saturated carbocycles. The van der Waals surface area contributed by atoms with E-state index in [0.29, 0.717) is 6.54 Å². The molecule has 0 bridgehead atoms. The van der Waals surface area contributed by atoms with E-state index in [0.717, 1.165) is 35.5 Å². The van der Waals surface area contributed by atoms with E-state index in [1.807, 2.05) is 48.1 Å². The van der Waals surface area contributed by atoms with E-state index in [1.165, 1.54) is 0 Å². The van der Waals surface area contributed by atoms with Gasteiger partial charge in [0.05, 0.1) is 4.90 Å². The van der Waals surface area contributed by atoms with Crippen LogP contribution in [-0.4, -0.2) is 35.0 Å². The first-order valence-corrected chi connectivity index (χ1v) is 9.18. The summed E-state index contributed by atoms with van der Waals surface area (Å²) < 4.78 is 36.6. The Morgan fingerprint density at radius 1 is 1.08 bits per heavy atom. The van der Waals surface area contributed by atoms with Gasteiger partial charge in [0.25, 0.3) is 10.0 Å². The molecule has 2 N–H and O–H groups in total. The predicted molar refractivity (Wildman–Crippen MR) is 95.3 cm³/mol. The van der Waals surface area contributed by atoms with Crippen LogP contribution in [-0.2, 0) is 26.2 Å². The zero-order valence-corrected chi connectivity index (χ0v) is 15.2. The molecule has 0 aliphatic carbocycles. The van der Waals surface area contributed by atoms with Crippen molar-refractivity contribution in [1.29, 1.82) is 0 Å². The molecule has 0 unspecified atom stereocenters. The monoisotopic (exact) mass is 381 g/mol. The van der Waals surface area contributed by atoms with E-state index < -0.39 is 28.4 Å². The normalized spacial score (nSPS) is 11.2. The highest BCUT2D eigenvalue weighted by Gasteiger charge is 2.15. The molecule has 0 aromatic heterocycles. The maximum Gasteiger partial charge on any atom is 0.262 e. The molecule has 2 aromatic rings. The Hall–Kier alpha value is -2.49. The van der Waals surface area contributed by atoms with Crippen molar-refractivity contribution in [2.45, 2.75) is 11.4 Å². The third-order valence-electron chi connectivity index (χ3n) is 3.44. The number of halogens is 1. The number of anilines is 1. The van der Waals surface area contributed by atoms with Crippen LogP contribution >= 0.6 is 0 Å². The number of nitrogens with zero attached hydrogens (tertiary/aromatic N) is 1. The van der Waals surface area contributed by atoms with Crippen molar-refractivity contribution in [1.82, 2.24) is 10.2 Å². The second kappa shape index (κ2) is 8.75. The van der Waals surface area contributed by atoms with E-state index in [-0.39, 0.29) is 4.90 Å². The number of benzene rings is 2. The van der Waals surface area contributed by atoms with Gasteiger partial charge in [0, 0.05) is 26.3 Å². The number of amides is 1. The zero-order valence-electron chi connectivity index (χ0n) is 14.4. The van der Waals surface area contributed by atoms with Gasteiger partial charge in [-0.2, -0.15) is 0 Å². The lowest BCUT2D eigenvalue weighted by atomic mass is 10.2. The van der Waals surface area contributed by atoms with Crippen molar-refractivity contribution >= 4 is 21.6 Å². The Balaban J connectivity index is 1.77. The minimum Gasteiger partial charge on any atom is -0.378 e. The van der Waals surface area contributed by atoms with Crippen LogP contribution in [0.2, 0.25) is 0 Å². The van der Waals surface area contributed by atoms with Crippen molar-refractivity contribution in [2.75, 3.05) is 25.6 Å². The summed E-state index contributed by atoms with van der Waals surface area (Å²) in [6.07, 6.45) is 0. The fourth-order valence-electron chi connectivity index (χ4n) is 2.00. The second-order valence-corrected chi connectivity index (χ2v) is 7.31. The van der Waals surface area contributed by atoms with Gasteiger partial charge in [-0.1, -0.05) is 17.0 Å². The van der Waals surface area contributed by atoms with E-state index >= 15 is 0 Å². The highest BCUT2D eigenvalue weighted by atomic mass is 32.2. The summed E-state index contributed by atoms with van der Waals surface area (Å²) in [5.41, 5.74) is 1.94. The van der Waals surface area contributed by atoms with Gasteiger partial charge >= 0.3 is 0 Å². The highest BCUT2D eigenvalue weighted by molar-refractivity contribution is 7.89. The number of nitrogens with one attached hydrogen (secondary N) is 2. The first-order valence-electron chi connectivity index (χ1n) is 7.70. The quantitative estimate of drug-likeness (QED) is 0.676. The molecule has 0 aliphatic rings. The first-order chi connectivity index (χ1) is 12.3. The first kappa shape index (κ1) is 19.8. The molecule has 0 fully saturated rings. The van der Waals surface area contributed by atoms with Crippen molar-refractivity contribution < 1.29 is 22.4 Å². The fraction of sp³-hybridized carbons (Fsp3) is 0.235. The number of sulfonamides is 1. The van der Waals surface area contributed by atoms with Crippen molar-refractivity contribution in [3.63, 3.8) is 0 Å². The Morgan fingerprint density at radius 2 is 1.69 bits per heavy atom. The van der Waals surface area contributed by atoms with Crippen LogP contribution in [0.15, 0.2) is 53.4 Å². The van der Waals surface area contributed by atoms with E-state index in [1.54, 1.807) is 0 Å². The number of carbonyl (C=O) groups excluding carboxylic acids is 1. The minimum atomic E-state index is -3.98. The maximum absolute atomic E-state index is 12.8. The maximum atomic E-state index is 12.8. The topological polar surface area (TPSA) is 87.7 Å². The van der Waals surface area contributed by atoms with Crippen LogP contribution in [0.3, 0.4) is 0 Å². The van der Waals surface area contributed by atoms with E-state index in [9.17, 15) is 17.6 Å². The second-order valence-electron chi connectivity index (χ2n) is 5.67. The average molecular weight is 381 g/mol. The molecule has 2 aromatic carbocycles. The van der Waals surface area contributed by atoms with Gasteiger partial charge in [0.1, 0.15) is 12.4 Å². The van der Waals surface area contributed by atoms with Gasteiger partial charge in [-0.05, 0) is 42.0 Å². The summed E-state index contributed by atoms with van der Waals surface area (Å²) in [5, 5.41) is 2.62. The molecule has 1 amide bonds. The largest absolute Gasteiger partial charge is 0.378 e. The number of rotatable bonds is 8. The van der Waals surface area contributed by atoms with Gasteiger partial charge in [-0.25, -0.2) is 12.8 Å². The Kier molecular flexibility index (Phi) is 6.67. The molecule has 26 heavy (non-hydrogen) atoms. The SMILES string of the molecule is CN(C)c1ccc(CNC(=O)CONS(=O)(=O)c2ccc(F)cc2)cc1. The molecule has 0 aliphatic heterocycles. The van der Waals surface area contributed by atoms with Crippen LogP contribution in [0, 0.1) is 5.82 Å². The fourth-order valence-corrected chi connectivity index (χ4v) is 2.80. The smallest absolute Gasteiger partial charge is 0.262 e. The summed E-state index contributed by atoms with van der Waals surface area (Å²) in [4.78, 5) is 20.1. The molecular formula is C17H20FN3O4S. The summed E-state index contributed by atoms with van der Waals surface area (Å²) >= 11 is 0. The molecule has 0 saturated heterocycles. The third kappa shape index (κ3) is 5.80. The van der Waals surface area contributed by atoms with Crippen molar-refractivity contribution in [2.24, 2.45) is 0 Å². The Morgan fingerprint density at radius 3 is 2.27 bits per heavy atom. The number of hydrogen-bond acceptors (Lipinski definition) is 5. The van der Waals surface area contributed by atoms with Gasteiger partial charge in [-0.3, -0.25) is 9.63 Å². The molecule has 140 valence electrons. The summed E-state index contributed by atoms with van der Waals surface area (Å²) in [5.74, 6) is -1.04. The molecule has 0 heterocycles. The Labute approximate surface area is 151 Å². The van der Waals surface area contributed by atoms with Crippen LogP contribution in [0.1, 0.15) is 5.56 Å². The van der Waals surface area contributed by atoms with Crippen LogP contribution in [0.5, 0.6) is 0 Å². The molecule has 2 rings (SSSR count). The predicted octanol–water partition coefficient (Wildman–Crippen LogP) is 1.42. The standard InChI is InChI=1S/C17H20FN3O4S/c1-21(2)15-7-3-13(4-8-15)11-19-17(22)12-25-20-26(23,24)16-9-5-14(18)6-10-16/h3-10,20H,11-12H2,1-2H3,(H,19,22). The van der Waals surface area contributed by atoms with Crippen LogP contribution in [0.25, 0.3) is 0 Å². The molecule has 0 atom stereocenters.